The first-order chi connectivity index (χ1) is 10.6. The SMILES string of the molecule is Cc1ccc(C)n1CCC(=O)NCc1ccc2c(c1)OCO2. The second kappa shape index (κ2) is 6.13. The number of hydrogen-bond acceptors (Lipinski definition) is 3. The van der Waals surface area contributed by atoms with E-state index in [1.54, 1.807) is 0 Å². The number of amides is 1. The molecule has 0 unspecified atom stereocenters. The predicted octanol–water partition coefficient (Wildman–Crippen LogP) is 2.54. The van der Waals surface area contributed by atoms with Crippen molar-refractivity contribution >= 4 is 5.91 Å². The van der Waals surface area contributed by atoms with Crippen LogP contribution in [0.3, 0.4) is 0 Å². The second-order valence-electron chi connectivity index (χ2n) is 5.48. The summed E-state index contributed by atoms with van der Waals surface area (Å²) < 4.78 is 12.8. The summed E-state index contributed by atoms with van der Waals surface area (Å²) in [6, 6.07) is 9.85. The lowest BCUT2D eigenvalue weighted by Gasteiger charge is -2.10. The monoisotopic (exact) mass is 300 g/mol. The summed E-state index contributed by atoms with van der Waals surface area (Å²) in [6.45, 7) is 5.58. The van der Waals surface area contributed by atoms with Crippen LogP contribution in [-0.4, -0.2) is 17.3 Å². The van der Waals surface area contributed by atoms with Crippen LogP contribution in [-0.2, 0) is 17.9 Å². The average molecular weight is 300 g/mol. The van der Waals surface area contributed by atoms with Crippen LogP contribution in [0.5, 0.6) is 11.5 Å². The molecule has 1 aromatic carbocycles. The highest BCUT2D eigenvalue weighted by molar-refractivity contribution is 5.75. The second-order valence-corrected chi connectivity index (χ2v) is 5.48. The van der Waals surface area contributed by atoms with Crippen LogP contribution in [0.1, 0.15) is 23.4 Å². The quantitative estimate of drug-likeness (QED) is 0.923. The van der Waals surface area contributed by atoms with Gasteiger partial charge in [0, 0.05) is 30.9 Å². The Balaban J connectivity index is 1.50. The Bertz CT molecular complexity index is 672. The van der Waals surface area contributed by atoms with Crippen molar-refractivity contribution in [2.24, 2.45) is 0 Å². The van der Waals surface area contributed by atoms with Crippen LogP contribution in [0, 0.1) is 13.8 Å². The molecular weight excluding hydrogens is 280 g/mol. The molecule has 0 spiro atoms. The predicted molar refractivity (Wildman–Crippen MR) is 82.9 cm³/mol. The van der Waals surface area contributed by atoms with Gasteiger partial charge in [-0.1, -0.05) is 6.07 Å². The molecule has 22 heavy (non-hydrogen) atoms. The van der Waals surface area contributed by atoms with Crippen LogP contribution in [0.4, 0.5) is 0 Å². The maximum Gasteiger partial charge on any atom is 0.231 e. The molecule has 5 heteroatoms. The van der Waals surface area contributed by atoms with E-state index in [-0.39, 0.29) is 12.7 Å². The van der Waals surface area contributed by atoms with Crippen molar-refractivity contribution in [2.75, 3.05) is 6.79 Å². The number of aromatic nitrogens is 1. The highest BCUT2D eigenvalue weighted by atomic mass is 16.7. The minimum absolute atomic E-state index is 0.0465. The van der Waals surface area contributed by atoms with E-state index in [1.807, 2.05) is 18.2 Å². The minimum atomic E-state index is 0.0465. The standard InChI is InChI=1S/C17H20N2O3/c1-12-3-4-13(2)19(12)8-7-17(20)18-10-14-5-6-15-16(9-14)22-11-21-15/h3-6,9H,7-8,10-11H2,1-2H3,(H,18,20). The third kappa shape index (κ3) is 3.08. The normalized spacial score (nSPS) is 12.5. The number of hydrogen-bond donors (Lipinski definition) is 1. The Morgan fingerprint density at radius 1 is 1.14 bits per heavy atom. The zero-order valence-electron chi connectivity index (χ0n) is 12.9. The van der Waals surface area contributed by atoms with Gasteiger partial charge in [0.25, 0.3) is 0 Å². The van der Waals surface area contributed by atoms with E-state index in [0.717, 1.165) is 17.1 Å². The molecule has 0 saturated carbocycles. The topological polar surface area (TPSA) is 52.5 Å². The molecule has 0 aliphatic carbocycles. The lowest BCUT2D eigenvalue weighted by molar-refractivity contribution is -0.121. The van der Waals surface area contributed by atoms with Crippen molar-refractivity contribution in [3.63, 3.8) is 0 Å². The van der Waals surface area contributed by atoms with E-state index in [2.05, 4.69) is 35.9 Å². The van der Waals surface area contributed by atoms with Crippen molar-refractivity contribution in [1.29, 1.82) is 0 Å². The number of carbonyl (C=O) groups excluding carboxylic acids is 1. The molecule has 1 aromatic heterocycles. The van der Waals surface area contributed by atoms with Gasteiger partial charge in [0.05, 0.1) is 0 Å². The van der Waals surface area contributed by atoms with E-state index >= 15 is 0 Å². The van der Waals surface area contributed by atoms with E-state index in [0.29, 0.717) is 19.5 Å². The number of aryl methyl sites for hydroxylation is 2. The average Bonchev–Trinajstić information content (AvgIpc) is 3.10. The maximum atomic E-state index is 12.0. The molecule has 3 rings (SSSR count). The van der Waals surface area contributed by atoms with Crippen LogP contribution in [0.25, 0.3) is 0 Å². The Hall–Kier alpha value is -2.43. The highest BCUT2D eigenvalue weighted by Crippen LogP contribution is 2.32. The lowest BCUT2D eigenvalue weighted by atomic mass is 10.2. The number of nitrogens with one attached hydrogen (secondary N) is 1. The Morgan fingerprint density at radius 3 is 2.64 bits per heavy atom. The summed E-state index contributed by atoms with van der Waals surface area (Å²) in [6.07, 6.45) is 0.473. The van der Waals surface area contributed by atoms with Gasteiger partial charge in [-0.25, -0.2) is 0 Å². The van der Waals surface area contributed by atoms with E-state index in [9.17, 15) is 4.79 Å². The number of ether oxygens (including phenoxy) is 2. The largest absolute Gasteiger partial charge is 0.454 e. The van der Waals surface area contributed by atoms with E-state index in [1.165, 1.54) is 11.4 Å². The van der Waals surface area contributed by atoms with Crippen LogP contribution in [0.15, 0.2) is 30.3 Å². The number of rotatable bonds is 5. The molecule has 1 aliphatic rings. The Kier molecular flexibility index (Phi) is 4.04. The van der Waals surface area contributed by atoms with Crippen molar-refractivity contribution in [1.82, 2.24) is 9.88 Å². The third-order valence-corrected chi connectivity index (χ3v) is 3.91. The van der Waals surface area contributed by atoms with Crippen LogP contribution < -0.4 is 14.8 Å². The fourth-order valence-corrected chi connectivity index (χ4v) is 2.61. The van der Waals surface area contributed by atoms with Crippen molar-refractivity contribution in [3.8, 4) is 11.5 Å². The molecular formula is C17H20N2O3. The summed E-state index contributed by atoms with van der Waals surface area (Å²) in [7, 11) is 0. The summed E-state index contributed by atoms with van der Waals surface area (Å²) in [4.78, 5) is 12.0. The van der Waals surface area contributed by atoms with Gasteiger partial charge in [-0.05, 0) is 43.7 Å². The molecule has 0 fully saturated rings. The van der Waals surface area contributed by atoms with Gasteiger partial charge in [0.2, 0.25) is 12.7 Å². The molecule has 1 amide bonds. The minimum Gasteiger partial charge on any atom is -0.454 e. The van der Waals surface area contributed by atoms with Crippen molar-refractivity contribution in [2.45, 2.75) is 33.4 Å². The van der Waals surface area contributed by atoms with Crippen LogP contribution >= 0.6 is 0 Å². The first-order valence-electron chi connectivity index (χ1n) is 7.41. The molecule has 116 valence electrons. The van der Waals surface area contributed by atoms with Gasteiger partial charge in [0.1, 0.15) is 0 Å². The molecule has 1 N–H and O–H groups in total. The molecule has 0 bridgehead atoms. The number of benzene rings is 1. The molecule has 0 atom stereocenters. The fourth-order valence-electron chi connectivity index (χ4n) is 2.61. The Morgan fingerprint density at radius 2 is 1.86 bits per heavy atom. The third-order valence-electron chi connectivity index (χ3n) is 3.91. The first kappa shape index (κ1) is 14.5. The molecule has 2 heterocycles. The first-order valence-corrected chi connectivity index (χ1v) is 7.41. The molecule has 1 aliphatic heterocycles. The van der Waals surface area contributed by atoms with Crippen molar-refractivity contribution in [3.05, 3.63) is 47.3 Å². The Labute approximate surface area is 129 Å². The molecule has 5 nitrogen and oxygen atoms in total. The molecule has 0 radical (unpaired) electrons. The summed E-state index contributed by atoms with van der Waals surface area (Å²) in [5, 5.41) is 2.94. The number of nitrogens with zero attached hydrogens (tertiary/aromatic N) is 1. The summed E-state index contributed by atoms with van der Waals surface area (Å²) in [5.74, 6) is 1.55. The summed E-state index contributed by atoms with van der Waals surface area (Å²) >= 11 is 0. The van der Waals surface area contributed by atoms with E-state index < -0.39 is 0 Å². The summed E-state index contributed by atoms with van der Waals surface area (Å²) in [5.41, 5.74) is 3.37. The number of carbonyl (C=O) groups is 1. The molecule has 2 aromatic rings. The lowest BCUT2D eigenvalue weighted by Crippen LogP contribution is -2.24. The van der Waals surface area contributed by atoms with Gasteiger partial charge in [0.15, 0.2) is 11.5 Å². The zero-order valence-corrected chi connectivity index (χ0v) is 12.9. The van der Waals surface area contributed by atoms with Gasteiger partial charge >= 0.3 is 0 Å². The number of fused-ring (bicyclic) bond motifs is 1. The highest BCUT2D eigenvalue weighted by Gasteiger charge is 2.13. The van der Waals surface area contributed by atoms with Gasteiger partial charge in [-0.15, -0.1) is 0 Å². The smallest absolute Gasteiger partial charge is 0.231 e. The zero-order chi connectivity index (χ0) is 15.5. The van der Waals surface area contributed by atoms with Crippen LogP contribution in [0.2, 0.25) is 0 Å². The van der Waals surface area contributed by atoms with Crippen molar-refractivity contribution < 1.29 is 14.3 Å². The van der Waals surface area contributed by atoms with Gasteiger partial charge < -0.3 is 19.4 Å². The van der Waals surface area contributed by atoms with E-state index in [4.69, 9.17) is 9.47 Å². The van der Waals surface area contributed by atoms with Gasteiger partial charge in [-0.2, -0.15) is 0 Å². The van der Waals surface area contributed by atoms with Gasteiger partial charge in [-0.3, -0.25) is 4.79 Å². The molecule has 0 saturated heterocycles. The maximum absolute atomic E-state index is 12.0. The fraction of sp³-hybridized carbons (Fsp3) is 0.353.